The number of nitrogens with zero attached hydrogens (tertiary/aromatic N) is 1. The van der Waals surface area contributed by atoms with E-state index in [1.54, 1.807) is 12.0 Å². The molecule has 1 heterocycles. The fourth-order valence-electron chi connectivity index (χ4n) is 3.23. The number of hydrogen-bond donors (Lipinski definition) is 1. The van der Waals surface area contributed by atoms with Crippen molar-refractivity contribution in [3.05, 3.63) is 53.6 Å². The van der Waals surface area contributed by atoms with Crippen LogP contribution < -0.4 is 19.7 Å². The molecule has 136 valence electrons. The van der Waals surface area contributed by atoms with Crippen LogP contribution in [0.3, 0.4) is 0 Å². The predicted octanol–water partition coefficient (Wildman–Crippen LogP) is 2.61. The van der Waals surface area contributed by atoms with Crippen LogP contribution in [0.4, 0.5) is 5.69 Å². The Morgan fingerprint density at radius 1 is 1.15 bits per heavy atom. The molecule has 6 nitrogen and oxygen atoms in total. The first-order valence-electron chi connectivity index (χ1n) is 8.46. The number of anilines is 1. The Kier molecular flexibility index (Phi) is 5.11. The fraction of sp³-hybridized carbons (Fsp3) is 0.300. The maximum atomic E-state index is 12.8. The van der Waals surface area contributed by atoms with Gasteiger partial charge in [-0.1, -0.05) is 30.3 Å². The topological polar surface area (TPSA) is 67.9 Å². The highest BCUT2D eigenvalue weighted by Gasteiger charge is 2.38. The summed E-state index contributed by atoms with van der Waals surface area (Å²) in [5, 5.41) is 2.74. The van der Waals surface area contributed by atoms with E-state index in [4.69, 9.17) is 9.47 Å². The summed E-state index contributed by atoms with van der Waals surface area (Å²) in [4.78, 5) is 26.0. The fourth-order valence-corrected chi connectivity index (χ4v) is 3.23. The molecule has 0 unspecified atom stereocenters. The van der Waals surface area contributed by atoms with E-state index in [0.29, 0.717) is 24.7 Å². The summed E-state index contributed by atoms with van der Waals surface area (Å²) in [6.45, 7) is 4.06. The first kappa shape index (κ1) is 17.8. The Morgan fingerprint density at radius 2 is 1.88 bits per heavy atom. The number of methoxy groups -OCH3 is 1. The normalized spacial score (nSPS) is 15.6. The molecule has 0 saturated heterocycles. The highest BCUT2D eigenvalue weighted by atomic mass is 16.5. The summed E-state index contributed by atoms with van der Waals surface area (Å²) in [5.41, 5.74) is 2.66. The number of amides is 2. The molecule has 1 N–H and O–H groups in total. The number of ether oxygens (including phenoxy) is 2. The Hall–Kier alpha value is -3.02. The number of fused-ring (bicyclic) bond motifs is 1. The lowest BCUT2D eigenvalue weighted by Gasteiger charge is -2.20. The van der Waals surface area contributed by atoms with Crippen molar-refractivity contribution in [2.75, 3.05) is 25.2 Å². The molecule has 0 aliphatic carbocycles. The van der Waals surface area contributed by atoms with Crippen molar-refractivity contribution < 1.29 is 19.1 Å². The second-order valence-electron chi connectivity index (χ2n) is 6.14. The molecule has 2 aromatic carbocycles. The molecule has 0 radical (unpaired) electrons. The minimum atomic E-state index is -0.645. The lowest BCUT2D eigenvalue weighted by molar-refractivity contribution is -0.126. The maximum Gasteiger partial charge on any atom is 0.254 e. The largest absolute Gasteiger partial charge is 0.493 e. The Balaban J connectivity index is 1.78. The third kappa shape index (κ3) is 3.35. The first-order valence-corrected chi connectivity index (χ1v) is 8.46. The van der Waals surface area contributed by atoms with Crippen molar-refractivity contribution >= 4 is 17.5 Å². The van der Waals surface area contributed by atoms with Gasteiger partial charge in [-0.05, 0) is 24.6 Å². The van der Waals surface area contributed by atoms with Gasteiger partial charge < -0.3 is 19.7 Å². The molecule has 1 aliphatic heterocycles. The number of para-hydroxylation sites is 3. The summed E-state index contributed by atoms with van der Waals surface area (Å²) in [6.07, 6.45) is 0. The first-order chi connectivity index (χ1) is 12.5. The van der Waals surface area contributed by atoms with E-state index in [2.05, 4.69) is 5.32 Å². The third-order valence-corrected chi connectivity index (χ3v) is 4.35. The van der Waals surface area contributed by atoms with Crippen molar-refractivity contribution in [2.45, 2.75) is 19.9 Å². The molecular weight excluding hydrogens is 332 g/mol. The van der Waals surface area contributed by atoms with Crippen LogP contribution in [0.2, 0.25) is 0 Å². The molecule has 6 heteroatoms. The number of carbonyl (C=O) groups is 2. The van der Waals surface area contributed by atoms with Crippen LogP contribution in [0, 0.1) is 6.92 Å². The van der Waals surface area contributed by atoms with E-state index in [9.17, 15) is 9.59 Å². The smallest absolute Gasteiger partial charge is 0.254 e. The zero-order valence-corrected chi connectivity index (χ0v) is 15.1. The van der Waals surface area contributed by atoms with Crippen LogP contribution in [-0.2, 0) is 9.59 Å². The zero-order valence-electron chi connectivity index (χ0n) is 15.1. The predicted molar refractivity (Wildman–Crippen MR) is 98.6 cm³/mol. The average Bonchev–Trinajstić information content (AvgIpc) is 2.88. The molecule has 26 heavy (non-hydrogen) atoms. The second-order valence-corrected chi connectivity index (χ2v) is 6.14. The van der Waals surface area contributed by atoms with Gasteiger partial charge in [-0.25, -0.2) is 0 Å². The molecular formula is C20H22N2O4. The van der Waals surface area contributed by atoms with Crippen LogP contribution in [0.15, 0.2) is 42.5 Å². The van der Waals surface area contributed by atoms with Crippen LogP contribution in [-0.4, -0.2) is 32.1 Å². The number of aryl methyl sites for hydroxylation is 1. The van der Waals surface area contributed by atoms with E-state index >= 15 is 0 Å². The number of hydrogen-bond acceptors (Lipinski definition) is 4. The summed E-state index contributed by atoms with van der Waals surface area (Å²) in [5.74, 6) is 0.897. The highest BCUT2D eigenvalue weighted by Crippen LogP contribution is 2.38. The van der Waals surface area contributed by atoms with Crippen molar-refractivity contribution in [1.82, 2.24) is 5.32 Å². The van der Waals surface area contributed by atoms with Crippen LogP contribution in [0.5, 0.6) is 11.5 Å². The Bertz CT molecular complexity index is 834. The molecule has 2 amide bonds. The van der Waals surface area contributed by atoms with Gasteiger partial charge >= 0.3 is 0 Å². The van der Waals surface area contributed by atoms with E-state index < -0.39 is 6.04 Å². The van der Waals surface area contributed by atoms with Crippen LogP contribution >= 0.6 is 0 Å². The summed E-state index contributed by atoms with van der Waals surface area (Å²) >= 11 is 0. The monoisotopic (exact) mass is 354 g/mol. The molecule has 0 bridgehead atoms. The summed E-state index contributed by atoms with van der Waals surface area (Å²) in [7, 11) is 1.59. The maximum absolute atomic E-state index is 12.8. The van der Waals surface area contributed by atoms with Crippen molar-refractivity contribution in [3.63, 3.8) is 0 Å². The van der Waals surface area contributed by atoms with Crippen LogP contribution in [0.25, 0.3) is 0 Å². The molecule has 3 rings (SSSR count). The molecule has 0 spiro atoms. The molecule has 1 aliphatic rings. The number of rotatable bonds is 6. The third-order valence-electron chi connectivity index (χ3n) is 4.35. The lowest BCUT2D eigenvalue weighted by atomic mass is 10.1. The van der Waals surface area contributed by atoms with Gasteiger partial charge in [0.15, 0.2) is 11.5 Å². The molecule has 0 fully saturated rings. The van der Waals surface area contributed by atoms with Gasteiger partial charge in [0.2, 0.25) is 5.91 Å². The van der Waals surface area contributed by atoms with Crippen molar-refractivity contribution in [2.24, 2.45) is 0 Å². The van der Waals surface area contributed by atoms with Gasteiger partial charge in [0.25, 0.3) is 5.91 Å². The van der Waals surface area contributed by atoms with Crippen molar-refractivity contribution in [1.29, 1.82) is 0 Å². The quantitative estimate of drug-likeness (QED) is 0.866. The standard InChI is InChI=1S/C20H22N2O4/c1-13-7-6-8-15-18(21-14(2)23)20(24)22(19(13)15)11-12-26-17-10-5-4-9-16(17)25-3/h4-10,18H,11-12H2,1-3H3,(H,21,23)/t18-/m0/s1. The molecule has 2 aromatic rings. The van der Waals surface area contributed by atoms with E-state index in [0.717, 1.165) is 16.8 Å². The Morgan fingerprint density at radius 3 is 2.58 bits per heavy atom. The summed E-state index contributed by atoms with van der Waals surface area (Å²) < 4.78 is 11.1. The van der Waals surface area contributed by atoms with E-state index in [1.807, 2.05) is 49.4 Å². The van der Waals surface area contributed by atoms with E-state index in [-0.39, 0.29) is 11.8 Å². The molecule has 1 atom stereocenters. The zero-order chi connectivity index (χ0) is 18.7. The SMILES string of the molecule is COc1ccccc1OCCN1C(=O)[C@@H](NC(C)=O)c2cccc(C)c21. The van der Waals surface area contributed by atoms with Gasteiger partial charge in [0.1, 0.15) is 12.6 Å². The summed E-state index contributed by atoms with van der Waals surface area (Å²) in [6, 6.07) is 12.5. The lowest BCUT2D eigenvalue weighted by Crippen LogP contribution is -2.38. The number of carbonyl (C=O) groups excluding carboxylic acids is 2. The average molecular weight is 354 g/mol. The minimum absolute atomic E-state index is 0.145. The number of benzene rings is 2. The van der Waals surface area contributed by atoms with Gasteiger partial charge in [0.05, 0.1) is 19.3 Å². The van der Waals surface area contributed by atoms with Crippen molar-refractivity contribution in [3.8, 4) is 11.5 Å². The van der Waals surface area contributed by atoms with Gasteiger partial charge in [-0.2, -0.15) is 0 Å². The Labute approximate surface area is 152 Å². The molecule has 0 saturated carbocycles. The van der Waals surface area contributed by atoms with Gasteiger partial charge in [-0.3, -0.25) is 9.59 Å². The van der Waals surface area contributed by atoms with Gasteiger partial charge in [-0.15, -0.1) is 0 Å². The number of nitrogens with one attached hydrogen (secondary N) is 1. The van der Waals surface area contributed by atoms with Crippen LogP contribution in [0.1, 0.15) is 24.1 Å². The minimum Gasteiger partial charge on any atom is -0.493 e. The molecule has 0 aromatic heterocycles. The highest BCUT2D eigenvalue weighted by molar-refractivity contribution is 6.06. The van der Waals surface area contributed by atoms with E-state index in [1.165, 1.54) is 6.92 Å². The van der Waals surface area contributed by atoms with Gasteiger partial charge in [0, 0.05) is 12.5 Å². The second kappa shape index (κ2) is 7.47.